The van der Waals surface area contributed by atoms with Crippen LogP contribution >= 0.6 is 0 Å². The lowest BCUT2D eigenvalue weighted by Crippen LogP contribution is -2.36. The first-order valence-electron chi connectivity index (χ1n) is 7.71. The predicted molar refractivity (Wildman–Crippen MR) is 85.0 cm³/mol. The van der Waals surface area contributed by atoms with Gasteiger partial charge in [-0.05, 0) is 31.9 Å². The first-order chi connectivity index (χ1) is 11.9. The lowest BCUT2D eigenvalue weighted by Gasteiger charge is -2.11. The molecule has 1 saturated carbocycles. The number of nitrogens with zero attached hydrogens (tertiary/aromatic N) is 1. The standard InChI is InChI=1S/C16H16N2O7/c1-9(16(20)17-11-3-4-11)25-15(19)5-2-10-6-13-14(24-8-23-13)7-12(10)18(21)22/h2,5-7,9,11H,3-4,8H2,1H3,(H,17,20)/b5-2+/t9-/m1/s1. The van der Waals surface area contributed by atoms with Crippen LogP contribution in [0.15, 0.2) is 18.2 Å². The molecule has 0 aromatic heterocycles. The molecule has 1 aliphatic heterocycles. The topological polar surface area (TPSA) is 117 Å². The molecule has 25 heavy (non-hydrogen) atoms. The lowest BCUT2D eigenvalue weighted by molar-refractivity contribution is -0.385. The summed E-state index contributed by atoms with van der Waals surface area (Å²) < 4.78 is 15.3. The predicted octanol–water partition coefficient (Wildman–Crippen LogP) is 1.55. The van der Waals surface area contributed by atoms with Gasteiger partial charge in [-0.15, -0.1) is 0 Å². The van der Waals surface area contributed by atoms with Gasteiger partial charge < -0.3 is 19.5 Å². The number of esters is 1. The molecule has 0 bridgehead atoms. The van der Waals surface area contributed by atoms with E-state index in [1.165, 1.54) is 25.1 Å². The first kappa shape index (κ1) is 16.7. The van der Waals surface area contributed by atoms with Crippen molar-refractivity contribution in [2.24, 2.45) is 0 Å². The molecular weight excluding hydrogens is 332 g/mol. The van der Waals surface area contributed by atoms with Crippen molar-refractivity contribution in [1.82, 2.24) is 5.32 Å². The summed E-state index contributed by atoms with van der Waals surface area (Å²) in [6.45, 7) is 1.45. The van der Waals surface area contributed by atoms with E-state index < -0.39 is 17.0 Å². The van der Waals surface area contributed by atoms with Crippen molar-refractivity contribution in [3.8, 4) is 11.5 Å². The molecule has 0 spiro atoms. The Bertz CT molecular complexity index is 755. The van der Waals surface area contributed by atoms with Crippen molar-refractivity contribution in [3.05, 3.63) is 33.9 Å². The summed E-state index contributed by atoms with van der Waals surface area (Å²) in [6.07, 6.45) is 3.20. The maximum Gasteiger partial charge on any atom is 0.331 e. The maximum absolute atomic E-state index is 11.8. The van der Waals surface area contributed by atoms with Crippen LogP contribution in [0, 0.1) is 10.1 Å². The van der Waals surface area contributed by atoms with E-state index in [9.17, 15) is 19.7 Å². The van der Waals surface area contributed by atoms with Crippen LogP contribution in [-0.4, -0.2) is 35.7 Å². The van der Waals surface area contributed by atoms with Crippen LogP contribution in [0.4, 0.5) is 5.69 Å². The number of amides is 1. The fourth-order valence-corrected chi connectivity index (χ4v) is 2.21. The Hall–Kier alpha value is -3.10. The Balaban J connectivity index is 1.67. The molecule has 0 radical (unpaired) electrons. The SMILES string of the molecule is C[C@@H](OC(=O)/C=C/c1cc2c(cc1[N+](=O)[O-])OCO2)C(=O)NC1CC1. The minimum atomic E-state index is -0.940. The minimum Gasteiger partial charge on any atom is -0.454 e. The van der Waals surface area contributed by atoms with E-state index >= 15 is 0 Å². The summed E-state index contributed by atoms with van der Waals surface area (Å²) >= 11 is 0. The van der Waals surface area contributed by atoms with Gasteiger partial charge in [0.15, 0.2) is 17.6 Å². The molecule has 9 heteroatoms. The van der Waals surface area contributed by atoms with Crippen LogP contribution in [0.1, 0.15) is 25.3 Å². The van der Waals surface area contributed by atoms with Gasteiger partial charge in [0.1, 0.15) is 0 Å². The van der Waals surface area contributed by atoms with Crippen LogP contribution in [0.2, 0.25) is 0 Å². The maximum atomic E-state index is 11.8. The molecular formula is C16H16N2O7. The monoisotopic (exact) mass is 348 g/mol. The second kappa shape index (κ2) is 6.80. The van der Waals surface area contributed by atoms with Crippen molar-refractivity contribution < 1.29 is 28.7 Å². The highest BCUT2D eigenvalue weighted by molar-refractivity contribution is 5.91. The van der Waals surface area contributed by atoms with Gasteiger partial charge in [0.2, 0.25) is 6.79 Å². The van der Waals surface area contributed by atoms with Gasteiger partial charge in [-0.1, -0.05) is 0 Å². The van der Waals surface area contributed by atoms with E-state index in [0.29, 0.717) is 5.75 Å². The van der Waals surface area contributed by atoms with Crippen molar-refractivity contribution >= 4 is 23.6 Å². The van der Waals surface area contributed by atoms with Crippen LogP contribution in [0.5, 0.6) is 11.5 Å². The van der Waals surface area contributed by atoms with Crippen LogP contribution in [0.3, 0.4) is 0 Å². The molecule has 1 N–H and O–H groups in total. The van der Waals surface area contributed by atoms with E-state index in [-0.39, 0.29) is 35.7 Å². The normalized spacial score (nSPS) is 16.5. The molecule has 132 valence electrons. The number of fused-ring (bicyclic) bond motifs is 1. The van der Waals surface area contributed by atoms with Gasteiger partial charge in [0.05, 0.1) is 16.6 Å². The molecule has 1 aliphatic carbocycles. The van der Waals surface area contributed by atoms with E-state index in [4.69, 9.17) is 14.2 Å². The summed E-state index contributed by atoms with van der Waals surface area (Å²) in [5.74, 6) is -0.503. The number of nitro groups is 1. The molecule has 1 aromatic rings. The van der Waals surface area contributed by atoms with Gasteiger partial charge in [0.25, 0.3) is 11.6 Å². The average Bonchev–Trinajstić information content (AvgIpc) is 3.26. The van der Waals surface area contributed by atoms with E-state index in [1.807, 2.05) is 0 Å². The third kappa shape index (κ3) is 4.06. The molecule has 9 nitrogen and oxygen atoms in total. The van der Waals surface area contributed by atoms with E-state index in [2.05, 4.69) is 5.32 Å². The smallest absolute Gasteiger partial charge is 0.331 e. The molecule has 3 rings (SSSR count). The molecule has 0 unspecified atom stereocenters. The van der Waals surface area contributed by atoms with Crippen molar-refractivity contribution in [3.63, 3.8) is 0 Å². The summed E-state index contributed by atoms with van der Waals surface area (Å²) in [5.41, 5.74) is -0.0610. The summed E-state index contributed by atoms with van der Waals surface area (Å²) in [6, 6.07) is 2.81. The Morgan fingerprint density at radius 2 is 2.04 bits per heavy atom. The fourth-order valence-electron chi connectivity index (χ4n) is 2.21. The van der Waals surface area contributed by atoms with E-state index in [1.54, 1.807) is 0 Å². The molecule has 1 aromatic carbocycles. The highest BCUT2D eigenvalue weighted by atomic mass is 16.7. The minimum absolute atomic E-state index is 0.0185. The summed E-state index contributed by atoms with van der Waals surface area (Å²) in [5, 5.41) is 13.9. The fraction of sp³-hybridized carbons (Fsp3) is 0.375. The molecule has 0 saturated heterocycles. The number of carbonyl (C=O) groups excluding carboxylic acids is 2. The van der Waals surface area contributed by atoms with Gasteiger partial charge in [0, 0.05) is 12.1 Å². The van der Waals surface area contributed by atoms with Crippen LogP contribution < -0.4 is 14.8 Å². The van der Waals surface area contributed by atoms with Crippen molar-refractivity contribution in [2.45, 2.75) is 31.9 Å². The highest BCUT2D eigenvalue weighted by Crippen LogP contribution is 2.38. The van der Waals surface area contributed by atoms with E-state index in [0.717, 1.165) is 18.9 Å². The molecule has 1 heterocycles. The average molecular weight is 348 g/mol. The third-order valence-electron chi connectivity index (χ3n) is 3.70. The number of nitrogens with one attached hydrogen (secondary N) is 1. The lowest BCUT2D eigenvalue weighted by atomic mass is 10.1. The zero-order chi connectivity index (χ0) is 18.0. The van der Waals surface area contributed by atoms with Gasteiger partial charge in [-0.3, -0.25) is 14.9 Å². The van der Waals surface area contributed by atoms with Crippen LogP contribution in [0.25, 0.3) is 6.08 Å². The quantitative estimate of drug-likeness (QED) is 0.359. The Morgan fingerprint density at radius 3 is 2.68 bits per heavy atom. The number of rotatable bonds is 6. The highest BCUT2D eigenvalue weighted by Gasteiger charge is 2.27. The number of ether oxygens (including phenoxy) is 3. The summed E-state index contributed by atoms with van der Waals surface area (Å²) in [4.78, 5) is 34.1. The van der Waals surface area contributed by atoms with Gasteiger partial charge in [-0.25, -0.2) is 4.79 Å². The Morgan fingerprint density at radius 1 is 1.36 bits per heavy atom. The Kier molecular flexibility index (Phi) is 4.55. The van der Waals surface area contributed by atoms with Crippen molar-refractivity contribution in [2.75, 3.05) is 6.79 Å². The molecule has 1 amide bonds. The first-order valence-corrected chi connectivity index (χ1v) is 7.71. The zero-order valence-electron chi connectivity index (χ0n) is 13.4. The second-order valence-corrected chi connectivity index (χ2v) is 5.72. The number of carbonyl (C=O) groups is 2. The summed E-state index contributed by atoms with van der Waals surface area (Å²) in [7, 11) is 0. The number of hydrogen-bond acceptors (Lipinski definition) is 7. The van der Waals surface area contributed by atoms with Gasteiger partial charge >= 0.3 is 5.97 Å². The molecule has 1 atom stereocenters. The Labute approximate surface area is 142 Å². The number of nitro benzene ring substituents is 1. The second-order valence-electron chi connectivity index (χ2n) is 5.72. The third-order valence-corrected chi connectivity index (χ3v) is 3.70. The number of hydrogen-bond donors (Lipinski definition) is 1. The van der Waals surface area contributed by atoms with Crippen molar-refractivity contribution in [1.29, 1.82) is 0 Å². The van der Waals surface area contributed by atoms with Crippen LogP contribution in [-0.2, 0) is 14.3 Å². The zero-order valence-corrected chi connectivity index (χ0v) is 13.4. The number of benzene rings is 1. The molecule has 2 aliphatic rings. The molecule has 1 fully saturated rings. The van der Waals surface area contributed by atoms with Gasteiger partial charge in [-0.2, -0.15) is 0 Å². The largest absolute Gasteiger partial charge is 0.454 e.